The first-order valence-corrected chi connectivity index (χ1v) is 10.5. The van der Waals surface area contributed by atoms with E-state index < -0.39 is 0 Å². The molecule has 1 saturated heterocycles. The fourth-order valence-corrected chi connectivity index (χ4v) is 4.20. The standard InChI is InChI=1S/C21H31N5S.HI/c1-16-14-19(25(3)4)8-7-17(16)15-23-21(22-2)24-18-9-11-26(12-10-18)20-6-5-13-27-20;/h5-8,13-14,18H,9-12,15H2,1-4H3,(H2,22,23,24);1H. The molecule has 0 spiro atoms. The minimum Gasteiger partial charge on any atom is -0.378 e. The maximum absolute atomic E-state index is 4.42. The molecule has 2 aromatic rings. The number of thiophene rings is 1. The van der Waals surface area contributed by atoms with Crippen molar-refractivity contribution in [1.82, 2.24) is 10.6 Å². The van der Waals surface area contributed by atoms with Gasteiger partial charge in [-0.3, -0.25) is 4.99 Å². The highest BCUT2D eigenvalue weighted by Crippen LogP contribution is 2.24. The van der Waals surface area contributed by atoms with Crippen LogP contribution in [0.1, 0.15) is 24.0 Å². The van der Waals surface area contributed by atoms with Crippen molar-refractivity contribution in [2.24, 2.45) is 4.99 Å². The Morgan fingerprint density at radius 2 is 2.00 bits per heavy atom. The van der Waals surface area contributed by atoms with Crippen LogP contribution in [0.5, 0.6) is 0 Å². The number of anilines is 2. The SMILES string of the molecule is CN=C(NCc1ccc(N(C)C)cc1C)NC1CCN(c2cccs2)CC1.I. The summed E-state index contributed by atoms with van der Waals surface area (Å²) in [6, 6.07) is 11.4. The molecule has 0 amide bonds. The lowest BCUT2D eigenvalue weighted by molar-refractivity contribution is 0.462. The molecule has 154 valence electrons. The number of halogens is 1. The summed E-state index contributed by atoms with van der Waals surface area (Å²) in [5.41, 5.74) is 3.83. The topological polar surface area (TPSA) is 42.9 Å². The van der Waals surface area contributed by atoms with Gasteiger partial charge in [0.25, 0.3) is 0 Å². The minimum atomic E-state index is 0. The third-order valence-electron chi connectivity index (χ3n) is 5.17. The van der Waals surface area contributed by atoms with E-state index in [0.29, 0.717) is 6.04 Å². The highest BCUT2D eigenvalue weighted by atomic mass is 127. The third kappa shape index (κ3) is 6.01. The van der Waals surface area contributed by atoms with Gasteiger partial charge in [-0.15, -0.1) is 35.3 Å². The number of benzene rings is 1. The molecule has 5 nitrogen and oxygen atoms in total. The molecule has 0 bridgehead atoms. The monoisotopic (exact) mass is 513 g/mol. The summed E-state index contributed by atoms with van der Waals surface area (Å²) in [6.45, 7) is 5.15. The summed E-state index contributed by atoms with van der Waals surface area (Å²) >= 11 is 1.83. The van der Waals surface area contributed by atoms with E-state index in [0.717, 1.165) is 38.4 Å². The molecule has 0 saturated carbocycles. The van der Waals surface area contributed by atoms with Gasteiger partial charge in [0.15, 0.2) is 5.96 Å². The first-order valence-electron chi connectivity index (χ1n) is 9.59. The van der Waals surface area contributed by atoms with Crippen LogP contribution in [0.2, 0.25) is 0 Å². The molecular weight excluding hydrogens is 481 g/mol. The number of piperidine rings is 1. The quantitative estimate of drug-likeness (QED) is 0.360. The van der Waals surface area contributed by atoms with Crippen molar-refractivity contribution in [1.29, 1.82) is 0 Å². The van der Waals surface area contributed by atoms with E-state index in [4.69, 9.17) is 0 Å². The molecule has 2 N–H and O–H groups in total. The van der Waals surface area contributed by atoms with E-state index in [1.165, 1.54) is 21.8 Å². The molecule has 1 fully saturated rings. The maximum Gasteiger partial charge on any atom is 0.191 e. The van der Waals surface area contributed by atoms with Gasteiger partial charge in [0.05, 0.1) is 5.00 Å². The number of nitrogens with zero attached hydrogens (tertiary/aromatic N) is 3. The Bertz CT molecular complexity index is 752. The fraction of sp³-hybridized carbons (Fsp3) is 0.476. The Balaban J connectivity index is 0.00000280. The molecule has 2 heterocycles. The molecule has 28 heavy (non-hydrogen) atoms. The lowest BCUT2D eigenvalue weighted by atomic mass is 10.1. The van der Waals surface area contributed by atoms with Crippen molar-refractivity contribution >= 4 is 52.0 Å². The van der Waals surface area contributed by atoms with Gasteiger partial charge in [-0.1, -0.05) is 6.07 Å². The van der Waals surface area contributed by atoms with Crippen molar-refractivity contribution < 1.29 is 0 Å². The van der Waals surface area contributed by atoms with Gasteiger partial charge in [-0.25, -0.2) is 0 Å². The molecule has 0 unspecified atom stereocenters. The van der Waals surface area contributed by atoms with E-state index in [-0.39, 0.29) is 24.0 Å². The molecule has 1 aliphatic rings. The van der Waals surface area contributed by atoms with Crippen LogP contribution in [0.15, 0.2) is 40.7 Å². The predicted octanol–water partition coefficient (Wildman–Crippen LogP) is 4.07. The van der Waals surface area contributed by atoms with Crippen LogP contribution in [-0.4, -0.2) is 46.2 Å². The molecule has 1 aromatic heterocycles. The van der Waals surface area contributed by atoms with E-state index in [1.54, 1.807) is 0 Å². The number of hydrogen-bond acceptors (Lipinski definition) is 4. The Morgan fingerprint density at radius 1 is 1.25 bits per heavy atom. The van der Waals surface area contributed by atoms with Crippen molar-refractivity contribution in [3.05, 3.63) is 46.8 Å². The smallest absolute Gasteiger partial charge is 0.191 e. The Morgan fingerprint density at radius 3 is 2.57 bits per heavy atom. The summed E-state index contributed by atoms with van der Waals surface area (Å²) in [7, 11) is 5.99. The van der Waals surface area contributed by atoms with Gasteiger partial charge in [-0.2, -0.15) is 0 Å². The molecule has 3 rings (SSSR count). The number of aliphatic imine (C=N–C) groups is 1. The van der Waals surface area contributed by atoms with Gasteiger partial charge in [-0.05, 0) is 60.5 Å². The summed E-state index contributed by atoms with van der Waals surface area (Å²) in [6.07, 6.45) is 2.27. The Kier molecular flexibility index (Phi) is 8.88. The lowest BCUT2D eigenvalue weighted by Crippen LogP contribution is -2.48. The van der Waals surface area contributed by atoms with Crippen LogP contribution in [-0.2, 0) is 6.54 Å². The second kappa shape index (κ2) is 10.9. The molecule has 1 aromatic carbocycles. The van der Waals surface area contributed by atoms with Crippen molar-refractivity contribution in [3.8, 4) is 0 Å². The second-order valence-corrected chi connectivity index (χ2v) is 8.21. The van der Waals surface area contributed by atoms with Crippen LogP contribution in [0, 0.1) is 6.92 Å². The van der Waals surface area contributed by atoms with Crippen molar-refractivity contribution in [2.45, 2.75) is 32.4 Å². The van der Waals surface area contributed by atoms with Gasteiger partial charge >= 0.3 is 0 Å². The molecule has 0 atom stereocenters. The number of hydrogen-bond donors (Lipinski definition) is 2. The molecule has 1 aliphatic heterocycles. The number of rotatable bonds is 5. The van der Waals surface area contributed by atoms with Crippen molar-refractivity contribution in [2.75, 3.05) is 44.0 Å². The van der Waals surface area contributed by atoms with E-state index in [1.807, 2.05) is 18.4 Å². The average molecular weight is 513 g/mol. The summed E-state index contributed by atoms with van der Waals surface area (Å²) in [5, 5.41) is 10.6. The molecule has 0 radical (unpaired) electrons. The zero-order valence-electron chi connectivity index (χ0n) is 17.2. The van der Waals surface area contributed by atoms with Crippen LogP contribution >= 0.6 is 35.3 Å². The van der Waals surface area contributed by atoms with Gasteiger partial charge in [0.2, 0.25) is 0 Å². The fourth-order valence-electron chi connectivity index (χ4n) is 3.42. The van der Waals surface area contributed by atoms with E-state index in [9.17, 15) is 0 Å². The van der Waals surface area contributed by atoms with Crippen molar-refractivity contribution in [3.63, 3.8) is 0 Å². The molecular formula is C21H32IN5S. The minimum absolute atomic E-state index is 0. The molecule has 0 aliphatic carbocycles. The zero-order chi connectivity index (χ0) is 19.2. The maximum atomic E-state index is 4.42. The Labute approximate surface area is 190 Å². The van der Waals surface area contributed by atoms with Gasteiger partial charge in [0.1, 0.15) is 0 Å². The second-order valence-electron chi connectivity index (χ2n) is 7.29. The highest BCUT2D eigenvalue weighted by molar-refractivity contribution is 14.0. The normalized spacial score (nSPS) is 15.1. The summed E-state index contributed by atoms with van der Waals surface area (Å²) in [5.74, 6) is 0.889. The first kappa shape index (κ1) is 22.8. The van der Waals surface area contributed by atoms with Crippen LogP contribution < -0.4 is 20.4 Å². The van der Waals surface area contributed by atoms with Gasteiger partial charge < -0.3 is 20.4 Å². The van der Waals surface area contributed by atoms with E-state index in [2.05, 4.69) is 82.2 Å². The zero-order valence-corrected chi connectivity index (χ0v) is 20.4. The third-order valence-corrected chi connectivity index (χ3v) is 6.10. The lowest BCUT2D eigenvalue weighted by Gasteiger charge is -2.33. The van der Waals surface area contributed by atoms with Gasteiger partial charge in [0, 0.05) is 52.5 Å². The molecule has 7 heteroatoms. The van der Waals surface area contributed by atoms with E-state index >= 15 is 0 Å². The van der Waals surface area contributed by atoms with Crippen LogP contribution in [0.25, 0.3) is 0 Å². The average Bonchev–Trinajstić information content (AvgIpc) is 3.21. The number of nitrogens with one attached hydrogen (secondary N) is 2. The largest absolute Gasteiger partial charge is 0.378 e. The first-order chi connectivity index (χ1) is 13.1. The number of aryl methyl sites for hydroxylation is 1. The highest BCUT2D eigenvalue weighted by Gasteiger charge is 2.20. The predicted molar refractivity (Wildman–Crippen MR) is 134 cm³/mol. The van der Waals surface area contributed by atoms with Crippen LogP contribution in [0.4, 0.5) is 10.7 Å². The Hall–Kier alpha value is -1.48. The summed E-state index contributed by atoms with van der Waals surface area (Å²) in [4.78, 5) is 9.03. The van der Waals surface area contributed by atoms with Crippen LogP contribution in [0.3, 0.4) is 0 Å². The summed E-state index contributed by atoms with van der Waals surface area (Å²) < 4.78 is 0. The number of guanidine groups is 1.